The minimum atomic E-state index is 0.112. The van der Waals surface area contributed by atoms with Crippen molar-refractivity contribution >= 4 is 23.4 Å². The van der Waals surface area contributed by atoms with Gasteiger partial charge in [0.05, 0.1) is 11.7 Å². The first-order chi connectivity index (χ1) is 13.7. The number of rotatable bonds is 5. The Labute approximate surface area is 170 Å². The van der Waals surface area contributed by atoms with Crippen LogP contribution in [-0.2, 0) is 4.74 Å². The average molecular weight is 399 g/mol. The Kier molecular flexibility index (Phi) is 6.07. The number of carbonyl (C=O) groups is 1. The van der Waals surface area contributed by atoms with Crippen molar-refractivity contribution in [3.05, 3.63) is 54.1 Å². The third-order valence-corrected chi connectivity index (χ3v) is 6.55. The molecule has 0 spiro atoms. The molecule has 2 fully saturated rings. The van der Waals surface area contributed by atoms with Gasteiger partial charge < -0.3 is 19.6 Å². The molecule has 1 amide bonds. The van der Waals surface area contributed by atoms with Gasteiger partial charge >= 0.3 is 0 Å². The van der Waals surface area contributed by atoms with Crippen LogP contribution in [0.5, 0.6) is 5.75 Å². The van der Waals surface area contributed by atoms with Crippen LogP contribution >= 0.6 is 11.8 Å². The molecule has 2 aromatic carbocycles. The van der Waals surface area contributed by atoms with Crippen LogP contribution < -0.4 is 4.90 Å². The number of ether oxygens (including phenoxy) is 1. The summed E-state index contributed by atoms with van der Waals surface area (Å²) >= 11 is 1.73. The maximum atomic E-state index is 13.1. The van der Waals surface area contributed by atoms with Gasteiger partial charge in [0.2, 0.25) is 0 Å². The molecule has 0 saturated carbocycles. The second-order valence-corrected chi connectivity index (χ2v) is 8.30. The monoisotopic (exact) mass is 398 g/mol. The molecule has 2 saturated heterocycles. The van der Waals surface area contributed by atoms with E-state index in [1.165, 1.54) is 0 Å². The Bertz CT molecular complexity index is 798. The van der Waals surface area contributed by atoms with E-state index in [0.29, 0.717) is 19.2 Å². The molecule has 1 atom stereocenters. The summed E-state index contributed by atoms with van der Waals surface area (Å²) in [5.74, 6) is 1.29. The molecule has 28 heavy (non-hydrogen) atoms. The van der Waals surface area contributed by atoms with Crippen molar-refractivity contribution in [1.82, 2.24) is 4.90 Å². The van der Waals surface area contributed by atoms with Gasteiger partial charge in [0.1, 0.15) is 5.75 Å². The van der Waals surface area contributed by atoms with Gasteiger partial charge in [-0.3, -0.25) is 4.79 Å². The number of benzene rings is 2. The van der Waals surface area contributed by atoms with Crippen molar-refractivity contribution in [2.24, 2.45) is 0 Å². The number of hydrogen-bond acceptors (Lipinski definition) is 5. The quantitative estimate of drug-likeness (QED) is 0.780. The van der Waals surface area contributed by atoms with E-state index in [4.69, 9.17) is 4.74 Å². The predicted octanol–water partition coefficient (Wildman–Crippen LogP) is 3.63. The number of nitrogens with zero attached hydrogens (tertiary/aromatic N) is 2. The molecule has 4 rings (SSSR count). The van der Waals surface area contributed by atoms with Crippen LogP contribution in [0.25, 0.3) is 0 Å². The average Bonchev–Trinajstić information content (AvgIpc) is 3.26. The van der Waals surface area contributed by atoms with Gasteiger partial charge in [0.25, 0.3) is 5.91 Å². The summed E-state index contributed by atoms with van der Waals surface area (Å²) in [4.78, 5) is 18.4. The Morgan fingerprint density at radius 2 is 1.82 bits per heavy atom. The van der Waals surface area contributed by atoms with Gasteiger partial charge in [-0.05, 0) is 49.2 Å². The van der Waals surface area contributed by atoms with E-state index in [1.54, 1.807) is 23.9 Å². The number of phenols is 1. The molecule has 2 heterocycles. The number of phenolic OH excluding ortho intramolecular Hbond substituents is 1. The zero-order chi connectivity index (χ0) is 19.3. The summed E-state index contributed by atoms with van der Waals surface area (Å²) in [5, 5.41) is 9.45. The van der Waals surface area contributed by atoms with Crippen LogP contribution in [0.1, 0.15) is 23.2 Å². The minimum absolute atomic E-state index is 0.112. The highest BCUT2D eigenvalue weighted by Gasteiger charge is 2.24. The number of anilines is 1. The van der Waals surface area contributed by atoms with E-state index in [1.807, 2.05) is 41.3 Å². The molecule has 5 nitrogen and oxygen atoms in total. The van der Waals surface area contributed by atoms with Crippen molar-refractivity contribution in [3.8, 4) is 5.75 Å². The Morgan fingerprint density at radius 1 is 1.07 bits per heavy atom. The van der Waals surface area contributed by atoms with Crippen LogP contribution in [0.15, 0.2) is 53.4 Å². The van der Waals surface area contributed by atoms with E-state index < -0.39 is 0 Å². The van der Waals surface area contributed by atoms with Gasteiger partial charge in [0, 0.05) is 49.1 Å². The van der Waals surface area contributed by atoms with Gasteiger partial charge in [0.15, 0.2) is 0 Å². The van der Waals surface area contributed by atoms with Gasteiger partial charge in [-0.2, -0.15) is 0 Å². The summed E-state index contributed by atoms with van der Waals surface area (Å²) in [6.45, 7) is 3.84. The number of amides is 1. The lowest BCUT2D eigenvalue weighted by molar-refractivity contribution is 0.0743. The maximum absolute atomic E-state index is 13.1. The Hall–Kier alpha value is -2.18. The molecule has 0 radical (unpaired) electrons. The zero-order valence-corrected chi connectivity index (χ0v) is 16.7. The number of hydrogen-bond donors (Lipinski definition) is 1. The Morgan fingerprint density at radius 3 is 2.54 bits per heavy atom. The highest BCUT2D eigenvalue weighted by atomic mass is 32.2. The summed E-state index contributed by atoms with van der Waals surface area (Å²) in [6, 6.07) is 15.2. The first kappa shape index (κ1) is 19.2. The van der Waals surface area contributed by atoms with E-state index in [-0.39, 0.29) is 11.7 Å². The number of carbonyl (C=O) groups excluding carboxylic acids is 1. The molecule has 2 aliphatic rings. The highest BCUT2D eigenvalue weighted by Crippen LogP contribution is 2.28. The van der Waals surface area contributed by atoms with Crippen LogP contribution in [0.4, 0.5) is 5.69 Å². The summed E-state index contributed by atoms with van der Waals surface area (Å²) in [7, 11) is 0. The molecular formula is C22H26N2O3S. The third-order valence-electron chi connectivity index (χ3n) is 5.35. The van der Waals surface area contributed by atoms with Crippen LogP contribution in [0.2, 0.25) is 0 Å². The van der Waals surface area contributed by atoms with E-state index in [2.05, 4.69) is 4.90 Å². The van der Waals surface area contributed by atoms with Crippen LogP contribution in [0.3, 0.4) is 0 Å². The molecule has 0 aromatic heterocycles. The Balaban J connectivity index is 1.37. The molecule has 1 unspecified atom stereocenters. The molecule has 2 aromatic rings. The fraction of sp³-hybridized carbons (Fsp3) is 0.409. The lowest BCUT2D eigenvalue weighted by Gasteiger charge is -2.36. The van der Waals surface area contributed by atoms with Gasteiger partial charge in [-0.15, -0.1) is 11.8 Å². The van der Waals surface area contributed by atoms with Crippen LogP contribution in [-0.4, -0.2) is 60.6 Å². The minimum Gasteiger partial charge on any atom is -0.508 e. The first-order valence-corrected chi connectivity index (χ1v) is 10.9. The molecule has 148 valence electrons. The molecule has 6 heteroatoms. The standard InChI is InChI=1S/C22H26N2O3S/c25-18-9-7-17(8-10-18)23-11-13-24(14-12-23)22(26)20-5-1-2-6-21(20)28-16-19-4-3-15-27-19/h1-2,5-10,19,25H,3-4,11-16H2. The fourth-order valence-electron chi connectivity index (χ4n) is 3.73. The zero-order valence-electron chi connectivity index (χ0n) is 15.9. The van der Waals surface area contributed by atoms with Crippen LogP contribution in [0, 0.1) is 0 Å². The number of piperazine rings is 1. The maximum Gasteiger partial charge on any atom is 0.255 e. The van der Waals surface area contributed by atoms with Crippen molar-refractivity contribution in [3.63, 3.8) is 0 Å². The summed E-state index contributed by atoms with van der Waals surface area (Å²) < 4.78 is 5.72. The van der Waals surface area contributed by atoms with Gasteiger partial charge in [-0.1, -0.05) is 12.1 Å². The number of aromatic hydroxyl groups is 1. The SMILES string of the molecule is O=C(c1ccccc1SCC1CCCO1)N1CCN(c2ccc(O)cc2)CC1. The van der Waals surface area contributed by atoms with Gasteiger partial charge in [-0.25, -0.2) is 0 Å². The molecule has 2 aliphatic heterocycles. The van der Waals surface area contributed by atoms with Crippen molar-refractivity contribution < 1.29 is 14.6 Å². The predicted molar refractivity (Wildman–Crippen MR) is 112 cm³/mol. The van der Waals surface area contributed by atoms with E-state index >= 15 is 0 Å². The summed E-state index contributed by atoms with van der Waals surface area (Å²) in [6.07, 6.45) is 2.56. The normalized spacial score (nSPS) is 19.8. The van der Waals surface area contributed by atoms with Crippen molar-refractivity contribution in [1.29, 1.82) is 0 Å². The van der Waals surface area contributed by atoms with Crippen molar-refractivity contribution in [2.45, 2.75) is 23.8 Å². The topological polar surface area (TPSA) is 53.0 Å². The smallest absolute Gasteiger partial charge is 0.255 e. The second-order valence-electron chi connectivity index (χ2n) is 7.24. The second kappa shape index (κ2) is 8.88. The number of thioether (sulfide) groups is 1. The van der Waals surface area contributed by atoms with E-state index in [9.17, 15) is 9.90 Å². The first-order valence-electron chi connectivity index (χ1n) is 9.87. The van der Waals surface area contributed by atoms with E-state index in [0.717, 1.165) is 54.4 Å². The third kappa shape index (κ3) is 4.45. The molecule has 0 bridgehead atoms. The molecular weight excluding hydrogens is 372 g/mol. The lowest BCUT2D eigenvalue weighted by Crippen LogP contribution is -2.48. The highest BCUT2D eigenvalue weighted by molar-refractivity contribution is 7.99. The summed E-state index contributed by atoms with van der Waals surface area (Å²) in [5.41, 5.74) is 1.88. The molecule has 1 N–H and O–H groups in total. The fourth-order valence-corrected chi connectivity index (χ4v) is 4.84. The molecule has 0 aliphatic carbocycles. The lowest BCUT2D eigenvalue weighted by atomic mass is 10.1. The largest absolute Gasteiger partial charge is 0.508 e. The van der Waals surface area contributed by atoms with Crippen molar-refractivity contribution in [2.75, 3.05) is 43.4 Å².